The van der Waals surface area contributed by atoms with Crippen LogP contribution in [0.15, 0.2) is 24.3 Å². The largest absolute Gasteiger partial charge is 0.307 e. The number of rotatable bonds is 1. The molecule has 1 fully saturated rings. The highest BCUT2D eigenvalue weighted by atomic mass is 19.1. The zero-order valence-corrected chi connectivity index (χ0v) is 8.06. The molecule has 1 nitrogen and oxygen atoms in total. The van der Waals surface area contributed by atoms with Gasteiger partial charge in [-0.2, -0.15) is 0 Å². The number of alkyl halides is 1. The molecular weight excluding hydrogens is 184 g/mol. The quantitative estimate of drug-likeness (QED) is 0.729. The molecular formula is C11H13F2N. The van der Waals surface area contributed by atoms with E-state index in [0.29, 0.717) is 13.0 Å². The topological polar surface area (TPSA) is 12.0 Å². The Morgan fingerprint density at radius 1 is 1.50 bits per heavy atom. The summed E-state index contributed by atoms with van der Waals surface area (Å²) in [6, 6.07) is 6.27. The summed E-state index contributed by atoms with van der Waals surface area (Å²) in [6.07, 6.45) is 0.413. The fourth-order valence-corrected chi connectivity index (χ4v) is 1.86. The van der Waals surface area contributed by atoms with E-state index in [1.165, 1.54) is 12.1 Å². The molecule has 76 valence electrons. The molecule has 0 amide bonds. The van der Waals surface area contributed by atoms with E-state index >= 15 is 0 Å². The van der Waals surface area contributed by atoms with Gasteiger partial charge in [-0.25, -0.2) is 8.78 Å². The van der Waals surface area contributed by atoms with E-state index in [1.54, 1.807) is 13.0 Å². The number of hydrogen-bond donors (Lipinski definition) is 1. The maximum Gasteiger partial charge on any atom is 0.123 e. The van der Waals surface area contributed by atoms with Crippen LogP contribution in [0.2, 0.25) is 0 Å². The van der Waals surface area contributed by atoms with Crippen LogP contribution in [0.4, 0.5) is 8.78 Å². The maximum absolute atomic E-state index is 13.5. The van der Waals surface area contributed by atoms with Gasteiger partial charge in [0, 0.05) is 19.0 Å². The molecule has 1 aliphatic heterocycles. The average Bonchev–Trinajstić information content (AvgIpc) is 2.46. The van der Waals surface area contributed by atoms with Gasteiger partial charge in [-0.3, -0.25) is 0 Å². The predicted molar refractivity (Wildman–Crippen MR) is 51.3 cm³/mol. The molecule has 0 aromatic heterocycles. The highest BCUT2D eigenvalue weighted by Crippen LogP contribution is 2.32. The Morgan fingerprint density at radius 3 is 2.86 bits per heavy atom. The number of hydrogen-bond acceptors (Lipinski definition) is 1. The summed E-state index contributed by atoms with van der Waals surface area (Å²) < 4.78 is 26.4. The standard InChI is InChI=1S/C11H13F2N/c1-11(13)6-10(14-7-11)8-3-2-4-9(12)5-8/h2-5,10,14H,6-7H2,1H3/t10-,11?/m1/s1. The number of halogens is 2. The van der Waals surface area contributed by atoms with Crippen LogP contribution >= 0.6 is 0 Å². The van der Waals surface area contributed by atoms with E-state index in [4.69, 9.17) is 0 Å². The lowest BCUT2D eigenvalue weighted by atomic mass is 9.99. The molecule has 1 unspecified atom stereocenters. The highest BCUT2D eigenvalue weighted by molar-refractivity contribution is 5.22. The van der Waals surface area contributed by atoms with Crippen LogP contribution in [0.3, 0.4) is 0 Å². The van der Waals surface area contributed by atoms with E-state index in [9.17, 15) is 8.78 Å². The van der Waals surface area contributed by atoms with Gasteiger partial charge in [0.15, 0.2) is 0 Å². The van der Waals surface area contributed by atoms with Crippen LogP contribution in [0.1, 0.15) is 24.9 Å². The molecule has 0 bridgehead atoms. The van der Waals surface area contributed by atoms with Gasteiger partial charge in [-0.05, 0) is 24.6 Å². The number of nitrogens with one attached hydrogen (secondary N) is 1. The molecule has 0 aliphatic carbocycles. The fraction of sp³-hybridized carbons (Fsp3) is 0.455. The maximum atomic E-state index is 13.5. The molecule has 0 saturated carbocycles. The zero-order chi connectivity index (χ0) is 10.2. The van der Waals surface area contributed by atoms with Crippen LogP contribution in [-0.2, 0) is 0 Å². The Hall–Kier alpha value is -0.960. The molecule has 1 aromatic rings. The Bertz CT molecular complexity index is 336. The number of benzene rings is 1. The molecule has 1 aromatic carbocycles. The first-order valence-corrected chi connectivity index (χ1v) is 4.75. The van der Waals surface area contributed by atoms with E-state index < -0.39 is 5.67 Å². The summed E-state index contributed by atoms with van der Waals surface area (Å²) in [7, 11) is 0. The van der Waals surface area contributed by atoms with Crippen LogP contribution < -0.4 is 5.32 Å². The van der Waals surface area contributed by atoms with Crippen molar-refractivity contribution < 1.29 is 8.78 Å². The molecule has 1 saturated heterocycles. The first-order valence-electron chi connectivity index (χ1n) is 4.75. The monoisotopic (exact) mass is 197 g/mol. The third-order valence-electron chi connectivity index (χ3n) is 2.60. The summed E-state index contributed by atoms with van der Waals surface area (Å²) in [5, 5.41) is 3.05. The second-order valence-corrected chi connectivity index (χ2v) is 4.11. The fourth-order valence-electron chi connectivity index (χ4n) is 1.86. The van der Waals surface area contributed by atoms with Crippen molar-refractivity contribution in [3.05, 3.63) is 35.6 Å². The van der Waals surface area contributed by atoms with Gasteiger partial charge in [0.05, 0.1) is 0 Å². The molecule has 1 heterocycles. The highest BCUT2D eigenvalue weighted by Gasteiger charge is 2.35. The molecule has 1 N–H and O–H groups in total. The van der Waals surface area contributed by atoms with E-state index in [-0.39, 0.29) is 11.9 Å². The third kappa shape index (κ3) is 1.93. The van der Waals surface area contributed by atoms with Crippen LogP contribution in [0.25, 0.3) is 0 Å². The van der Waals surface area contributed by atoms with Gasteiger partial charge < -0.3 is 5.32 Å². The molecule has 0 radical (unpaired) electrons. The molecule has 2 rings (SSSR count). The predicted octanol–water partition coefficient (Wildman–Crippen LogP) is 2.59. The van der Waals surface area contributed by atoms with Gasteiger partial charge in [-0.1, -0.05) is 12.1 Å². The van der Waals surface area contributed by atoms with Gasteiger partial charge in [0.2, 0.25) is 0 Å². The minimum absolute atomic E-state index is 0.0549. The van der Waals surface area contributed by atoms with Crippen molar-refractivity contribution in [2.45, 2.75) is 25.1 Å². The van der Waals surface area contributed by atoms with E-state index in [0.717, 1.165) is 5.56 Å². The SMILES string of the molecule is CC1(F)CN[C@@H](c2cccc(F)c2)C1. The Balaban J connectivity index is 2.17. The second kappa shape index (κ2) is 3.31. The Morgan fingerprint density at radius 2 is 2.29 bits per heavy atom. The van der Waals surface area contributed by atoms with Gasteiger partial charge >= 0.3 is 0 Å². The van der Waals surface area contributed by atoms with Gasteiger partial charge in [0.1, 0.15) is 11.5 Å². The van der Waals surface area contributed by atoms with Crippen molar-refractivity contribution >= 4 is 0 Å². The Labute approximate surface area is 82.1 Å². The Kier molecular flexibility index (Phi) is 2.27. The van der Waals surface area contributed by atoms with Crippen molar-refractivity contribution in [1.82, 2.24) is 5.32 Å². The molecule has 2 atom stereocenters. The van der Waals surface area contributed by atoms with Gasteiger partial charge in [-0.15, -0.1) is 0 Å². The zero-order valence-electron chi connectivity index (χ0n) is 8.06. The molecule has 14 heavy (non-hydrogen) atoms. The molecule has 1 aliphatic rings. The smallest absolute Gasteiger partial charge is 0.123 e. The van der Waals surface area contributed by atoms with Crippen LogP contribution in [-0.4, -0.2) is 12.2 Å². The van der Waals surface area contributed by atoms with Crippen LogP contribution in [0.5, 0.6) is 0 Å². The second-order valence-electron chi connectivity index (χ2n) is 4.11. The summed E-state index contributed by atoms with van der Waals surface area (Å²) >= 11 is 0. The minimum Gasteiger partial charge on any atom is -0.307 e. The minimum atomic E-state index is -1.17. The average molecular weight is 197 g/mol. The summed E-state index contributed by atoms with van der Waals surface area (Å²) in [5.74, 6) is -0.267. The summed E-state index contributed by atoms with van der Waals surface area (Å²) in [5.41, 5.74) is -0.344. The lowest BCUT2D eigenvalue weighted by Crippen LogP contribution is -2.20. The molecule has 0 spiro atoms. The van der Waals surface area contributed by atoms with Crippen molar-refractivity contribution in [2.75, 3.05) is 6.54 Å². The summed E-state index contributed by atoms with van der Waals surface area (Å²) in [4.78, 5) is 0. The lowest BCUT2D eigenvalue weighted by Gasteiger charge is -2.12. The first-order chi connectivity index (χ1) is 6.57. The van der Waals surface area contributed by atoms with Gasteiger partial charge in [0.25, 0.3) is 0 Å². The first kappa shape index (κ1) is 9.59. The van der Waals surface area contributed by atoms with E-state index in [2.05, 4.69) is 5.32 Å². The van der Waals surface area contributed by atoms with Crippen LogP contribution in [0, 0.1) is 5.82 Å². The lowest BCUT2D eigenvalue weighted by molar-refractivity contribution is 0.214. The summed E-state index contributed by atoms with van der Waals surface area (Å²) in [6.45, 7) is 1.91. The normalized spacial score (nSPS) is 32.1. The third-order valence-corrected chi connectivity index (χ3v) is 2.60. The van der Waals surface area contributed by atoms with Crippen molar-refractivity contribution in [2.24, 2.45) is 0 Å². The van der Waals surface area contributed by atoms with Crippen molar-refractivity contribution in [3.8, 4) is 0 Å². The van der Waals surface area contributed by atoms with Crippen molar-refractivity contribution in [3.63, 3.8) is 0 Å². The molecule has 3 heteroatoms. The van der Waals surface area contributed by atoms with E-state index in [1.807, 2.05) is 6.07 Å². The van der Waals surface area contributed by atoms with Crippen molar-refractivity contribution in [1.29, 1.82) is 0 Å².